The maximum atomic E-state index is 14.2. The fraction of sp³-hybridized carbons (Fsp3) is 0.158. The molecule has 0 atom stereocenters. The fourth-order valence-corrected chi connectivity index (χ4v) is 2.64. The van der Waals surface area contributed by atoms with Gasteiger partial charge in [-0.05, 0) is 24.3 Å². The van der Waals surface area contributed by atoms with Crippen LogP contribution in [0, 0.1) is 5.82 Å². The zero-order chi connectivity index (χ0) is 20.1. The van der Waals surface area contributed by atoms with Gasteiger partial charge in [-0.25, -0.2) is 14.4 Å². The Morgan fingerprint density at radius 1 is 1.25 bits per heavy atom. The number of Topliss-reactive ketones (excluding diaryl/α,β-unsaturated/α-hetero) is 1. The fourth-order valence-electron chi connectivity index (χ4n) is 2.47. The van der Waals surface area contributed by atoms with E-state index in [0.717, 1.165) is 0 Å². The monoisotopic (exact) mass is 402 g/mol. The number of carbonyl (C=O) groups is 1. The van der Waals surface area contributed by atoms with Gasteiger partial charge in [0.1, 0.15) is 12.4 Å². The van der Waals surface area contributed by atoms with Crippen LogP contribution in [0.1, 0.15) is 10.4 Å². The molecule has 9 heteroatoms. The van der Waals surface area contributed by atoms with Gasteiger partial charge in [-0.3, -0.25) is 9.78 Å². The van der Waals surface area contributed by atoms with Gasteiger partial charge in [-0.1, -0.05) is 11.6 Å². The second-order valence-electron chi connectivity index (χ2n) is 5.64. The number of nitrogens with zero attached hydrogens (tertiary/aromatic N) is 3. The summed E-state index contributed by atoms with van der Waals surface area (Å²) in [5.74, 6) is -0.0903. The third-order valence-electron chi connectivity index (χ3n) is 3.79. The van der Waals surface area contributed by atoms with E-state index < -0.39 is 5.82 Å². The van der Waals surface area contributed by atoms with Crippen LogP contribution in [-0.4, -0.2) is 41.6 Å². The molecule has 0 saturated carbocycles. The highest BCUT2D eigenvalue weighted by molar-refractivity contribution is 6.30. The van der Waals surface area contributed by atoms with Crippen LogP contribution in [0.2, 0.25) is 5.02 Å². The van der Waals surface area contributed by atoms with Gasteiger partial charge in [-0.15, -0.1) is 0 Å². The average Bonchev–Trinajstić information content (AvgIpc) is 2.70. The van der Waals surface area contributed by atoms with Gasteiger partial charge in [0.25, 0.3) is 0 Å². The van der Waals surface area contributed by atoms with E-state index >= 15 is 0 Å². The Morgan fingerprint density at radius 2 is 2.07 bits per heavy atom. The number of ketones is 1. The van der Waals surface area contributed by atoms with E-state index in [1.807, 2.05) is 0 Å². The largest absolute Gasteiger partial charge is 0.491 e. The first-order valence-electron chi connectivity index (χ1n) is 8.13. The lowest BCUT2D eigenvalue weighted by atomic mass is 10.1. The van der Waals surface area contributed by atoms with Crippen LogP contribution < -0.4 is 10.1 Å². The molecule has 0 bridgehead atoms. The number of halogens is 2. The second kappa shape index (κ2) is 8.73. The number of nitrogens with one attached hydrogen (secondary N) is 1. The minimum absolute atomic E-state index is 0.0970. The Hall–Kier alpha value is -3.10. The molecule has 0 fully saturated rings. The van der Waals surface area contributed by atoms with Gasteiger partial charge < -0.3 is 14.8 Å². The van der Waals surface area contributed by atoms with Gasteiger partial charge in [-0.2, -0.15) is 0 Å². The molecule has 1 N–H and O–H groups in total. The smallest absolute Gasteiger partial charge is 0.192 e. The number of hydrogen-bond acceptors (Lipinski definition) is 7. The molecule has 3 aromatic rings. The molecule has 7 nitrogen and oxygen atoms in total. The van der Waals surface area contributed by atoms with Crippen molar-refractivity contribution in [2.45, 2.75) is 0 Å². The van der Waals surface area contributed by atoms with E-state index in [-0.39, 0.29) is 29.6 Å². The summed E-state index contributed by atoms with van der Waals surface area (Å²) in [4.78, 5) is 24.7. The van der Waals surface area contributed by atoms with Crippen molar-refractivity contribution in [2.75, 3.05) is 26.1 Å². The normalized spacial score (nSPS) is 10.6. The maximum Gasteiger partial charge on any atom is 0.192 e. The molecule has 28 heavy (non-hydrogen) atoms. The molecule has 0 aliphatic rings. The molecule has 0 spiro atoms. The summed E-state index contributed by atoms with van der Waals surface area (Å²) in [6, 6.07) is 5.73. The first-order chi connectivity index (χ1) is 13.5. The molecule has 2 aromatic heterocycles. The molecule has 0 amide bonds. The van der Waals surface area contributed by atoms with E-state index in [4.69, 9.17) is 21.1 Å². The number of pyridine rings is 1. The number of rotatable bonds is 7. The SMILES string of the molecule is COCC(=O)c1cnccc1Nc1nc(-c2cc(Cl)ccc2F)ncc1OC. The Kier molecular flexibility index (Phi) is 6.13. The van der Waals surface area contributed by atoms with Crippen molar-refractivity contribution in [1.29, 1.82) is 0 Å². The number of hydrogen-bond donors (Lipinski definition) is 1. The molecule has 3 rings (SSSR count). The maximum absolute atomic E-state index is 14.2. The predicted molar refractivity (Wildman–Crippen MR) is 103 cm³/mol. The first kappa shape index (κ1) is 19.7. The van der Waals surface area contributed by atoms with Crippen molar-refractivity contribution in [2.24, 2.45) is 0 Å². The molecular formula is C19H16ClFN4O3. The molecular weight excluding hydrogens is 387 g/mol. The highest BCUT2D eigenvalue weighted by Gasteiger charge is 2.16. The predicted octanol–water partition coefficient (Wildman–Crippen LogP) is 3.91. The van der Waals surface area contributed by atoms with Crippen molar-refractivity contribution >= 4 is 28.9 Å². The summed E-state index contributed by atoms with van der Waals surface area (Å²) in [7, 11) is 2.88. The first-order valence-corrected chi connectivity index (χ1v) is 8.51. The summed E-state index contributed by atoms with van der Waals surface area (Å²) in [5.41, 5.74) is 0.913. The van der Waals surface area contributed by atoms with Crippen LogP contribution in [0.5, 0.6) is 5.75 Å². The molecule has 0 unspecified atom stereocenters. The van der Waals surface area contributed by atoms with E-state index in [1.54, 1.807) is 6.07 Å². The number of methoxy groups -OCH3 is 2. The second-order valence-corrected chi connectivity index (χ2v) is 6.07. The van der Waals surface area contributed by atoms with Gasteiger partial charge in [0, 0.05) is 24.5 Å². The summed E-state index contributed by atoms with van der Waals surface area (Å²) in [6.45, 7) is -0.0970. The van der Waals surface area contributed by atoms with Crippen LogP contribution in [-0.2, 0) is 4.74 Å². The Labute approximate surface area is 165 Å². The number of carbonyl (C=O) groups excluding carboxylic acids is 1. The van der Waals surface area contributed by atoms with Crippen LogP contribution in [0.3, 0.4) is 0 Å². The zero-order valence-electron chi connectivity index (χ0n) is 15.1. The molecule has 0 aliphatic heterocycles. The third-order valence-corrected chi connectivity index (χ3v) is 4.03. The molecule has 0 radical (unpaired) electrons. The van der Waals surface area contributed by atoms with Gasteiger partial charge in [0.05, 0.1) is 30.1 Å². The average molecular weight is 403 g/mol. The standard InChI is InChI=1S/C19H16ClFN4O3/c1-27-10-16(26)13-8-22-6-5-15(13)24-19-17(28-2)9-23-18(25-19)12-7-11(20)3-4-14(12)21/h3-9H,10H2,1-2H3,(H,22,23,24,25). The number of benzene rings is 1. The minimum Gasteiger partial charge on any atom is -0.491 e. The lowest BCUT2D eigenvalue weighted by molar-refractivity contribution is 0.0848. The Bertz CT molecular complexity index is 1020. The minimum atomic E-state index is -0.514. The molecule has 0 aliphatic carbocycles. The summed E-state index contributed by atoms with van der Waals surface area (Å²) >= 11 is 5.96. The molecule has 1 aromatic carbocycles. The van der Waals surface area contributed by atoms with E-state index in [1.165, 1.54) is 51.0 Å². The topological polar surface area (TPSA) is 86.2 Å². The van der Waals surface area contributed by atoms with Gasteiger partial charge >= 0.3 is 0 Å². The third kappa shape index (κ3) is 4.24. The van der Waals surface area contributed by atoms with E-state index in [0.29, 0.717) is 22.0 Å². The lowest BCUT2D eigenvalue weighted by Gasteiger charge is -2.14. The number of ether oxygens (including phenoxy) is 2. The van der Waals surface area contributed by atoms with Crippen molar-refractivity contribution in [3.63, 3.8) is 0 Å². The van der Waals surface area contributed by atoms with Crippen LogP contribution in [0.15, 0.2) is 42.9 Å². The molecule has 0 saturated heterocycles. The molecule has 2 heterocycles. The summed E-state index contributed by atoms with van der Waals surface area (Å²) < 4.78 is 24.4. The van der Waals surface area contributed by atoms with Crippen molar-refractivity contribution in [3.05, 3.63) is 59.3 Å². The van der Waals surface area contributed by atoms with E-state index in [2.05, 4.69) is 20.3 Å². The Balaban J connectivity index is 2.03. The quantitative estimate of drug-likeness (QED) is 0.599. The van der Waals surface area contributed by atoms with Crippen molar-refractivity contribution in [1.82, 2.24) is 15.0 Å². The van der Waals surface area contributed by atoms with Gasteiger partial charge in [0.15, 0.2) is 23.2 Å². The number of anilines is 2. The summed E-state index contributed by atoms with van der Waals surface area (Å²) in [5, 5.41) is 3.38. The highest BCUT2D eigenvalue weighted by atomic mass is 35.5. The highest BCUT2D eigenvalue weighted by Crippen LogP contribution is 2.30. The van der Waals surface area contributed by atoms with Crippen molar-refractivity contribution < 1.29 is 18.7 Å². The van der Waals surface area contributed by atoms with Crippen LogP contribution in [0.4, 0.5) is 15.9 Å². The van der Waals surface area contributed by atoms with E-state index in [9.17, 15) is 9.18 Å². The molecule has 144 valence electrons. The van der Waals surface area contributed by atoms with Crippen molar-refractivity contribution in [3.8, 4) is 17.1 Å². The zero-order valence-corrected chi connectivity index (χ0v) is 15.8. The van der Waals surface area contributed by atoms with Gasteiger partial charge in [0.2, 0.25) is 0 Å². The summed E-state index contributed by atoms with van der Waals surface area (Å²) in [6.07, 6.45) is 4.36. The number of aromatic nitrogens is 3. The van der Waals surface area contributed by atoms with Crippen LogP contribution in [0.25, 0.3) is 11.4 Å². The van der Waals surface area contributed by atoms with Crippen LogP contribution >= 0.6 is 11.6 Å². The Morgan fingerprint density at radius 3 is 2.82 bits per heavy atom. The lowest BCUT2D eigenvalue weighted by Crippen LogP contribution is -2.11.